The van der Waals surface area contributed by atoms with Crippen molar-refractivity contribution in [3.8, 4) is 11.4 Å². The number of rotatable bonds is 2. The van der Waals surface area contributed by atoms with Crippen molar-refractivity contribution >= 4 is 37.7 Å². The van der Waals surface area contributed by atoms with E-state index in [1.54, 1.807) is 0 Å². The second kappa shape index (κ2) is 5.36. The topological polar surface area (TPSA) is 37.8 Å². The number of aryl methyl sites for hydroxylation is 2. The van der Waals surface area contributed by atoms with Gasteiger partial charge in [0.1, 0.15) is 5.82 Å². The lowest BCUT2D eigenvalue weighted by Gasteiger charge is -2.10. The summed E-state index contributed by atoms with van der Waals surface area (Å²) in [5, 5.41) is 3.07. The minimum absolute atomic E-state index is 0.735. The Bertz CT molecular complexity index is 597. The van der Waals surface area contributed by atoms with Crippen LogP contribution in [0.5, 0.6) is 0 Å². The van der Waals surface area contributed by atoms with Crippen molar-refractivity contribution in [2.75, 3.05) is 12.4 Å². The van der Waals surface area contributed by atoms with Crippen molar-refractivity contribution in [1.29, 1.82) is 0 Å². The van der Waals surface area contributed by atoms with E-state index < -0.39 is 0 Å². The zero-order chi connectivity index (χ0) is 13.3. The van der Waals surface area contributed by atoms with Crippen LogP contribution in [0.4, 0.5) is 5.82 Å². The Labute approximate surface area is 123 Å². The molecular formula is C13H13Br2N3. The Morgan fingerprint density at radius 1 is 1.11 bits per heavy atom. The van der Waals surface area contributed by atoms with Crippen molar-refractivity contribution in [2.45, 2.75) is 13.8 Å². The van der Waals surface area contributed by atoms with Crippen molar-refractivity contribution in [2.24, 2.45) is 0 Å². The van der Waals surface area contributed by atoms with Gasteiger partial charge >= 0.3 is 0 Å². The lowest BCUT2D eigenvalue weighted by atomic mass is 10.1. The summed E-state index contributed by atoms with van der Waals surface area (Å²) < 4.78 is 1.93. The van der Waals surface area contributed by atoms with Gasteiger partial charge in [0.05, 0.1) is 10.2 Å². The predicted molar refractivity (Wildman–Crippen MR) is 81.9 cm³/mol. The van der Waals surface area contributed by atoms with E-state index in [1.807, 2.05) is 26.1 Å². The minimum Gasteiger partial charge on any atom is -0.372 e. The maximum absolute atomic E-state index is 4.53. The third-order valence-electron chi connectivity index (χ3n) is 2.69. The average molecular weight is 371 g/mol. The zero-order valence-electron chi connectivity index (χ0n) is 10.4. The monoisotopic (exact) mass is 369 g/mol. The fourth-order valence-electron chi connectivity index (χ4n) is 1.68. The van der Waals surface area contributed by atoms with Gasteiger partial charge < -0.3 is 5.32 Å². The van der Waals surface area contributed by atoms with E-state index in [4.69, 9.17) is 0 Å². The normalized spacial score (nSPS) is 10.5. The number of nitrogens with one attached hydrogen (secondary N) is 1. The number of hydrogen-bond acceptors (Lipinski definition) is 3. The number of hydrogen-bond donors (Lipinski definition) is 1. The molecule has 0 spiro atoms. The van der Waals surface area contributed by atoms with Crippen molar-refractivity contribution in [3.05, 3.63) is 38.4 Å². The fourth-order valence-corrected chi connectivity index (χ4v) is 2.42. The molecule has 1 aromatic heterocycles. The van der Waals surface area contributed by atoms with Gasteiger partial charge in [-0.2, -0.15) is 0 Å². The molecule has 2 aromatic rings. The average Bonchev–Trinajstić information content (AvgIpc) is 2.35. The summed E-state index contributed by atoms with van der Waals surface area (Å²) in [6.07, 6.45) is 0. The van der Waals surface area contributed by atoms with Crippen LogP contribution in [0.3, 0.4) is 0 Å². The summed E-state index contributed by atoms with van der Waals surface area (Å²) in [7, 11) is 1.85. The predicted octanol–water partition coefficient (Wildman–Crippen LogP) is 4.33. The highest BCUT2D eigenvalue weighted by Gasteiger charge is 2.11. The Hall–Kier alpha value is -0.940. The van der Waals surface area contributed by atoms with Gasteiger partial charge in [-0.3, -0.25) is 0 Å². The van der Waals surface area contributed by atoms with Crippen LogP contribution in [0, 0.1) is 13.8 Å². The largest absolute Gasteiger partial charge is 0.372 e. The van der Waals surface area contributed by atoms with Crippen molar-refractivity contribution in [3.63, 3.8) is 0 Å². The summed E-state index contributed by atoms with van der Waals surface area (Å²) in [5.41, 5.74) is 3.11. The Kier molecular flexibility index (Phi) is 4.02. The number of benzene rings is 1. The van der Waals surface area contributed by atoms with E-state index in [2.05, 4.69) is 60.1 Å². The first-order chi connectivity index (χ1) is 8.52. The summed E-state index contributed by atoms with van der Waals surface area (Å²) in [6, 6.07) is 6.11. The molecule has 0 aliphatic carbocycles. The van der Waals surface area contributed by atoms with E-state index in [9.17, 15) is 0 Å². The Balaban J connectivity index is 2.64. The molecule has 0 saturated heterocycles. The van der Waals surface area contributed by atoms with Crippen LogP contribution in [0.25, 0.3) is 11.4 Å². The van der Waals surface area contributed by atoms with Gasteiger partial charge in [-0.1, -0.05) is 22.0 Å². The van der Waals surface area contributed by atoms with E-state index in [0.29, 0.717) is 0 Å². The molecule has 5 heteroatoms. The van der Waals surface area contributed by atoms with Gasteiger partial charge in [-0.25, -0.2) is 9.97 Å². The molecule has 0 atom stereocenters. The third kappa shape index (κ3) is 2.57. The van der Waals surface area contributed by atoms with Gasteiger partial charge in [0, 0.05) is 17.1 Å². The van der Waals surface area contributed by atoms with Crippen LogP contribution in [0.2, 0.25) is 0 Å². The summed E-state index contributed by atoms with van der Waals surface area (Å²) in [4.78, 5) is 9.07. The third-order valence-corrected chi connectivity index (χ3v) is 4.14. The maximum atomic E-state index is 4.53. The SMILES string of the molecule is CNc1nc(-c2cc(Br)ccc2C)nc(C)c1Br. The molecule has 0 unspecified atom stereocenters. The Morgan fingerprint density at radius 3 is 2.50 bits per heavy atom. The van der Waals surface area contributed by atoms with Gasteiger partial charge in [-0.15, -0.1) is 0 Å². The van der Waals surface area contributed by atoms with Gasteiger partial charge in [-0.05, 0) is 47.5 Å². The second-order valence-corrected chi connectivity index (χ2v) is 5.71. The second-order valence-electron chi connectivity index (χ2n) is 4.00. The molecule has 0 radical (unpaired) electrons. The number of anilines is 1. The lowest BCUT2D eigenvalue weighted by Crippen LogP contribution is -2.01. The van der Waals surface area contributed by atoms with E-state index in [1.165, 1.54) is 0 Å². The Morgan fingerprint density at radius 2 is 1.83 bits per heavy atom. The number of nitrogens with zero attached hydrogens (tertiary/aromatic N) is 2. The highest BCUT2D eigenvalue weighted by Crippen LogP contribution is 2.29. The number of aromatic nitrogens is 2. The molecule has 3 nitrogen and oxygen atoms in total. The van der Waals surface area contributed by atoms with Crippen LogP contribution < -0.4 is 5.32 Å². The van der Waals surface area contributed by atoms with Crippen molar-refractivity contribution in [1.82, 2.24) is 9.97 Å². The molecule has 0 saturated carbocycles. The number of halogens is 2. The smallest absolute Gasteiger partial charge is 0.162 e. The molecule has 0 amide bonds. The molecule has 0 fully saturated rings. The first kappa shape index (κ1) is 13.5. The van der Waals surface area contributed by atoms with E-state index >= 15 is 0 Å². The molecule has 2 rings (SSSR count). The summed E-state index contributed by atoms with van der Waals surface area (Å²) in [6.45, 7) is 4.02. The molecular weight excluding hydrogens is 358 g/mol. The molecule has 1 aromatic carbocycles. The minimum atomic E-state index is 0.735. The van der Waals surface area contributed by atoms with Gasteiger partial charge in [0.25, 0.3) is 0 Å². The molecule has 94 valence electrons. The van der Waals surface area contributed by atoms with Gasteiger partial charge in [0.2, 0.25) is 0 Å². The molecule has 1 heterocycles. The van der Waals surface area contributed by atoms with Crippen LogP contribution in [0.1, 0.15) is 11.3 Å². The van der Waals surface area contributed by atoms with Gasteiger partial charge in [0.15, 0.2) is 5.82 Å². The molecule has 18 heavy (non-hydrogen) atoms. The zero-order valence-corrected chi connectivity index (χ0v) is 13.6. The standard InChI is InChI=1S/C13H13Br2N3/c1-7-4-5-9(14)6-10(7)12-17-8(2)11(15)13(16-3)18-12/h4-6H,1-3H3,(H,16,17,18). The quantitative estimate of drug-likeness (QED) is 0.854. The fraction of sp³-hybridized carbons (Fsp3) is 0.231. The van der Waals surface area contributed by atoms with E-state index in [0.717, 1.165) is 37.4 Å². The first-order valence-corrected chi connectivity index (χ1v) is 7.10. The molecule has 0 aliphatic heterocycles. The van der Waals surface area contributed by atoms with E-state index in [-0.39, 0.29) is 0 Å². The molecule has 0 aliphatic rings. The highest BCUT2D eigenvalue weighted by atomic mass is 79.9. The van der Waals surface area contributed by atoms with Crippen LogP contribution in [-0.2, 0) is 0 Å². The maximum Gasteiger partial charge on any atom is 0.162 e. The molecule has 0 bridgehead atoms. The van der Waals surface area contributed by atoms with Crippen LogP contribution >= 0.6 is 31.9 Å². The summed E-state index contributed by atoms with van der Waals surface area (Å²) >= 11 is 6.97. The summed E-state index contributed by atoms with van der Waals surface area (Å²) in [5.74, 6) is 1.54. The van der Waals surface area contributed by atoms with Crippen molar-refractivity contribution < 1.29 is 0 Å². The lowest BCUT2D eigenvalue weighted by molar-refractivity contribution is 1.09. The molecule has 1 N–H and O–H groups in total. The first-order valence-electron chi connectivity index (χ1n) is 5.51. The highest BCUT2D eigenvalue weighted by molar-refractivity contribution is 9.11. The van der Waals surface area contributed by atoms with Crippen LogP contribution in [0.15, 0.2) is 27.1 Å². The van der Waals surface area contributed by atoms with Crippen LogP contribution in [-0.4, -0.2) is 17.0 Å².